The molecule has 1 aliphatic rings. The topological polar surface area (TPSA) is 29.5 Å². The summed E-state index contributed by atoms with van der Waals surface area (Å²) in [5.41, 5.74) is 1.09. The Morgan fingerprint density at radius 1 is 1.28 bits per heavy atom. The highest BCUT2D eigenvalue weighted by atomic mass is 19.3. The number of benzene rings is 1. The van der Waals surface area contributed by atoms with E-state index in [0.29, 0.717) is 11.3 Å². The van der Waals surface area contributed by atoms with E-state index < -0.39 is 11.9 Å². The van der Waals surface area contributed by atoms with Gasteiger partial charge in [0, 0.05) is 25.9 Å². The van der Waals surface area contributed by atoms with Gasteiger partial charge in [0.25, 0.3) is 5.92 Å². The van der Waals surface area contributed by atoms with Crippen molar-refractivity contribution in [1.29, 1.82) is 0 Å². The third-order valence-electron chi connectivity index (χ3n) is 3.15. The van der Waals surface area contributed by atoms with E-state index in [2.05, 4.69) is 0 Å². The van der Waals surface area contributed by atoms with Gasteiger partial charge in [0.2, 0.25) is 0 Å². The molecule has 0 amide bonds. The van der Waals surface area contributed by atoms with E-state index in [-0.39, 0.29) is 25.9 Å². The fourth-order valence-corrected chi connectivity index (χ4v) is 2.11. The number of halogens is 2. The van der Waals surface area contributed by atoms with Crippen LogP contribution >= 0.6 is 0 Å². The van der Waals surface area contributed by atoms with Crippen LogP contribution in [-0.4, -0.2) is 32.1 Å². The molecule has 0 radical (unpaired) electrons. The largest absolute Gasteiger partial charge is 0.465 e. The van der Waals surface area contributed by atoms with Crippen LogP contribution in [0, 0.1) is 0 Å². The zero-order valence-electron chi connectivity index (χ0n) is 10.2. The van der Waals surface area contributed by atoms with Gasteiger partial charge in [0.1, 0.15) is 0 Å². The van der Waals surface area contributed by atoms with Gasteiger partial charge in [-0.15, -0.1) is 0 Å². The van der Waals surface area contributed by atoms with E-state index in [1.165, 1.54) is 7.11 Å². The molecule has 0 atom stereocenters. The van der Waals surface area contributed by atoms with Gasteiger partial charge in [-0.3, -0.25) is 0 Å². The molecule has 0 spiro atoms. The number of carbonyl (C=O) groups excluding carboxylic acids is 1. The predicted molar refractivity (Wildman–Crippen MR) is 64.2 cm³/mol. The lowest BCUT2D eigenvalue weighted by atomic mass is 10.0. The third-order valence-corrected chi connectivity index (χ3v) is 3.15. The van der Waals surface area contributed by atoms with Crippen LogP contribution in [0.1, 0.15) is 23.2 Å². The number of piperidine rings is 1. The van der Waals surface area contributed by atoms with Gasteiger partial charge in [0.05, 0.1) is 18.4 Å². The van der Waals surface area contributed by atoms with Crippen molar-refractivity contribution in [3.63, 3.8) is 0 Å². The molecule has 1 aromatic rings. The molecule has 1 aromatic carbocycles. The van der Waals surface area contributed by atoms with Crippen LogP contribution < -0.4 is 4.90 Å². The number of esters is 1. The lowest BCUT2D eigenvalue weighted by Crippen LogP contribution is -2.40. The van der Waals surface area contributed by atoms with Gasteiger partial charge in [0.15, 0.2) is 0 Å². The maximum absolute atomic E-state index is 13.1. The van der Waals surface area contributed by atoms with Crippen LogP contribution in [0.5, 0.6) is 0 Å². The molecule has 1 aliphatic heterocycles. The number of nitrogens with zero attached hydrogens (tertiary/aromatic N) is 1. The van der Waals surface area contributed by atoms with Crippen LogP contribution in [-0.2, 0) is 4.74 Å². The van der Waals surface area contributed by atoms with Crippen LogP contribution in [0.25, 0.3) is 0 Å². The lowest BCUT2D eigenvalue weighted by molar-refractivity contribution is -0.0220. The number of anilines is 1. The van der Waals surface area contributed by atoms with Crippen LogP contribution in [0.4, 0.5) is 14.5 Å². The summed E-state index contributed by atoms with van der Waals surface area (Å²) in [7, 11) is 1.31. The number of rotatable bonds is 2. The smallest absolute Gasteiger partial charge is 0.339 e. The minimum Gasteiger partial charge on any atom is -0.465 e. The van der Waals surface area contributed by atoms with Crippen LogP contribution in [0.15, 0.2) is 24.3 Å². The quantitative estimate of drug-likeness (QED) is 0.761. The molecule has 0 aromatic heterocycles. The fourth-order valence-electron chi connectivity index (χ4n) is 2.11. The second-order valence-electron chi connectivity index (χ2n) is 4.35. The normalized spacial score (nSPS) is 18.5. The van der Waals surface area contributed by atoms with Gasteiger partial charge < -0.3 is 9.64 Å². The number of hydrogen-bond acceptors (Lipinski definition) is 3. The zero-order valence-corrected chi connectivity index (χ0v) is 10.2. The minimum absolute atomic E-state index is 0.178. The zero-order chi connectivity index (χ0) is 13.2. The Kier molecular flexibility index (Phi) is 3.50. The highest BCUT2D eigenvalue weighted by Gasteiger charge is 2.34. The molecular formula is C13H15F2NO2. The highest BCUT2D eigenvalue weighted by Crippen LogP contribution is 2.31. The Morgan fingerprint density at radius 2 is 1.89 bits per heavy atom. The lowest BCUT2D eigenvalue weighted by Gasteiger charge is -2.34. The third kappa shape index (κ3) is 2.60. The molecule has 0 bridgehead atoms. The average Bonchev–Trinajstić information content (AvgIpc) is 2.38. The second-order valence-corrected chi connectivity index (χ2v) is 4.35. The summed E-state index contributed by atoms with van der Waals surface area (Å²) < 4.78 is 30.9. The molecule has 1 fully saturated rings. The molecule has 3 nitrogen and oxygen atoms in total. The van der Waals surface area contributed by atoms with E-state index in [9.17, 15) is 13.6 Å². The summed E-state index contributed by atoms with van der Waals surface area (Å²) >= 11 is 0. The SMILES string of the molecule is COC(=O)c1ccccc1N1CCC(F)(F)CC1. The number of ether oxygens (including phenoxy) is 1. The van der Waals surface area contributed by atoms with E-state index in [1.807, 2.05) is 4.90 Å². The fraction of sp³-hybridized carbons (Fsp3) is 0.462. The maximum atomic E-state index is 13.1. The van der Waals surface area contributed by atoms with Crippen LogP contribution in [0.3, 0.4) is 0 Å². The Morgan fingerprint density at radius 3 is 2.50 bits per heavy atom. The molecule has 1 saturated heterocycles. The summed E-state index contributed by atoms with van der Waals surface area (Å²) in [6.07, 6.45) is -0.356. The number of hydrogen-bond donors (Lipinski definition) is 0. The first-order valence-corrected chi connectivity index (χ1v) is 5.83. The van der Waals surface area contributed by atoms with Crippen molar-refractivity contribution < 1.29 is 18.3 Å². The van der Waals surface area contributed by atoms with Gasteiger partial charge in [-0.2, -0.15) is 0 Å². The molecule has 0 saturated carbocycles. The average molecular weight is 255 g/mol. The van der Waals surface area contributed by atoms with Crippen molar-refractivity contribution >= 4 is 11.7 Å². The van der Waals surface area contributed by atoms with Crippen molar-refractivity contribution in [2.75, 3.05) is 25.1 Å². The standard InChI is InChI=1S/C13H15F2NO2/c1-18-12(17)10-4-2-3-5-11(10)16-8-6-13(14,15)7-9-16/h2-5H,6-9H2,1H3. The van der Waals surface area contributed by atoms with Crippen molar-refractivity contribution in [2.24, 2.45) is 0 Å². The van der Waals surface area contributed by atoms with Crippen molar-refractivity contribution in [1.82, 2.24) is 0 Å². The molecule has 2 rings (SSSR count). The minimum atomic E-state index is -2.59. The number of alkyl halides is 2. The van der Waals surface area contributed by atoms with Gasteiger partial charge in [-0.25, -0.2) is 13.6 Å². The first-order chi connectivity index (χ1) is 8.53. The summed E-state index contributed by atoms with van der Waals surface area (Å²) in [6, 6.07) is 6.92. The van der Waals surface area contributed by atoms with E-state index in [0.717, 1.165) is 0 Å². The predicted octanol–water partition coefficient (Wildman–Crippen LogP) is 2.71. The number of carbonyl (C=O) groups is 1. The molecule has 0 N–H and O–H groups in total. The maximum Gasteiger partial charge on any atom is 0.339 e. The monoisotopic (exact) mass is 255 g/mol. The summed E-state index contributed by atoms with van der Waals surface area (Å²) in [5.74, 6) is -3.03. The molecular weight excluding hydrogens is 240 g/mol. The van der Waals surface area contributed by atoms with Gasteiger partial charge >= 0.3 is 5.97 Å². The molecule has 5 heteroatoms. The first kappa shape index (κ1) is 12.8. The number of methoxy groups -OCH3 is 1. The Balaban J connectivity index is 2.21. The Labute approximate surface area is 104 Å². The summed E-state index contributed by atoms with van der Waals surface area (Å²) in [5, 5.41) is 0. The van der Waals surface area contributed by atoms with Crippen LogP contribution in [0.2, 0.25) is 0 Å². The number of para-hydroxylation sites is 1. The Bertz CT molecular complexity index is 438. The van der Waals surface area contributed by atoms with E-state index >= 15 is 0 Å². The molecule has 98 valence electrons. The van der Waals surface area contributed by atoms with E-state index in [4.69, 9.17) is 4.74 Å². The van der Waals surface area contributed by atoms with Gasteiger partial charge in [-0.05, 0) is 12.1 Å². The second kappa shape index (κ2) is 4.92. The summed E-state index contributed by atoms with van der Waals surface area (Å²) in [4.78, 5) is 13.4. The van der Waals surface area contributed by atoms with E-state index in [1.54, 1.807) is 24.3 Å². The highest BCUT2D eigenvalue weighted by molar-refractivity contribution is 5.95. The van der Waals surface area contributed by atoms with Crippen molar-refractivity contribution in [2.45, 2.75) is 18.8 Å². The molecule has 18 heavy (non-hydrogen) atoms. The molecule has 0 unspecified atom stereocenters. The summed E-state index contributed by atoms with van der Waals surface area (Å²) in [6.45, 7) is 0.502. The van der Waals surface area contributed by atoms with Crippen molar-refractivity contribution in [3.05, 3.63) is 29.8 Å². The van der Waals surface area contributed by atoms with Gasteiger partial charge in [-0.1, -0.05) is 12.1 Å². The first-order valence-electron chi connectivity index (χ1n) is 5.83. The Hall–Kier alpha value is -1.65. The molecule has 1 heterocycles. The van der Waals surface area contributed by atoms with Crippen molar-refractivity contribution in [3.8, 4) is 0 Å². The molecule has 0 aliphatic carbocycles.